The molecule has 0 aliphatic rings. The molecule has 0 heterocycles. The first-order valence-corrected chi connectivity index (χ1v) is 10.1. The van der Waals surface area contributed by atoms with E-state index in [4.69, 9.17) is 4.74 Å². The van der Waals surface area contributed by atoms with Crippen molar-refractivity contribution in [3.63, 3.8) is 0 Å². The van der Waals surface area contributed by atoms with Crippen molar-refractivity contribution in [3.05, 3.63) is 88.5 Å². The number of non-ortho nitro benzene ring substituents is 1. The van der Waals surface area contributed by atoms with Crippen molar-refractivity contribution >= 4 is 33.0 Å². The first-order chi connectivity index (χ1) is 14.3. The summed E-state index contributed by atoms with van der Waals surface area (Å²) in [6, 6.07) is 17.2. The highest BCUT2D eigenvalue weighted by Gasteiger charge is 2.18. The number of hydrogen-bond acceptors (Lipinski definition) is 6. The number of hydrogen-bond donors (Lipinski definition) is 2. The number of carbonyl (C=O) groups is 1. The fourth-order valence-electron chi connectivity index (χ4n) is 2.58. The second-order valence-corrected chi connectivity index (χ2v) is 7.81. The van der Waals surface area contributed by atoms with Crippen LogP contribution in [0.1, 0.15) is 10.4 Å². The van der Waals surface area contributed by atoms with E-state index >= 15 is 0 Å². The first-order valence-electron chi connectivity index (χ1n) is 8.61. The average Bonchev–Trinajstić information content (AvgIpc) is 2.74. The van der Waals surface area contributed by atoms with Crippen molar-refractivity contribution in [2.75, 3.05) is 17.1 Å². The van der Waals surface area contributed by atoms with Crippen LogP contribution >= 0.6 is 0 Å². The molecule has 0 radical (unpaired) electrons. The van der Waals surface area contributed by atoms with Gasteiger partial charge in [0.05, 0.1) is 22.6 Å². The molecule has 30 heavy (non-hydrogen) atoms. The second kappa shape index (κ2) is 8.62. The van der Waals surface area contributed by atoms with Gasteiger partial charge in [-0.15, -0.1) is 0 Å². The summed E-state index contributed by atoms with van der Waals surface area (Å²) in [6.07, 6.45) is 0. The molecule has 0 bridgehead atoms. The summed E-state index contributed by atoms with van der Waals surface area (Å²) in [5.74, 6) is 0.140. The summed E-state index contributed by atoms with van der Waals surface area (Å²) >= 11 is 0. The second-order valence-electron chi connectivity index (χ2n) is 6.12. The Morgan fingerprint density at radius 2 is 1.67 bits per heavy atom. The molecule has 10 heteroatoms. The molecule has 0 saturated heterocycles. The molecule has 0 aliphatic heterocycles. The van der Waals surface area contributed by atoms with Crippen LogP contribution in [0.4, 0.5) is 17.1 Å². The SMILES string of the molecule is COc1ccc(NC(=O)c2cccc(S(=O)(=O)Nc3cccc([N+](=O)[O-])c3)c2)cc1. The van der Waals surface area contributed by atoms with Gasteiger partial charge in [-0.2, -0.15) is 0 Å². The predicted octanol–water partition coefficient (Wildman–Crippen LogP) is 3.66. The van der Waals surface area contributed by atoms with Gasteiger partial charge in [0.1, 0.15) is 5.75 Å². The molecule has 0 saturated carbocycles. The Balaban J connectivity index is 1.80. The molecule has 0 aliphatic carbocycles. The summed E-state index contributed by atoms with van der Waals surface area (Å²) in [4.78, 5) is 22.6. The summed E-state index contributed by atoms with van der Waals surface area (Å²) < 4.78 is 32.7. The van der Waals surface area contributed by atoms with Gasteiger partial charge in [0.25, 0.3) is 21.6 Å². The quantitative estimate of drug-likeness (QED) is 0.437. The Bertz CT molecular complexity index is 1190. The molecule has 0 aromatic heterocycles. The molecule has 2 N–H and O–H groups in total. The van der Waals surface area contributed by atoms with E-state index in [2.05, 4.69) is 10.0 Å². The number of methoxy groups -OCH3 is 1. The monoisotopic (exact) mass is 427 g/mol. The number of carbonyl (C=O) groups excluding carboxylic acids is 1. The Kier molecular flexibility index (Phi) is 5.98. The van der Waals surface area contributed by atoms with Crippen molar-refractivity contribution in [2.24, 2.45) is 0 Å². The van der Waals surface area contributed by atoms with Gasteiger partial charge < -0.3 is 10.1 Å². The Morgan fingerprint density at radius 3 is 2.33 bits per heavy atom. The molecule has 0 atom stereocenters. The van der Waals surface area contributed by atoms with Crippen molar-refractivity contribution in [2.45, 2.75) is 4.90 Å². The number of ether oxygens (including phenoxy) is 1. The van der Waals surface area contributed by atoms with E-state index in [1.165, 1.54) is 49.6 Å². The number of amides is 1. The average molecular weight is 427 g/mol. The smallest absolute Gasteiger partial charge is 0.271 e. The summed E-state index contributed by atoms with van der Waals surface area (Å²) in [6.45, 7) is 0. The van der Waals surface area contributed by atoms with Crippen LogP contribution in [-0.2, 0) is 10.0 Å². The van der Waals surface area contributed by atoms with Crippen LogP contribution in [0, 0.1) is 10.1 Å². The van der Waals surface area contributed by atoms with Gasteiger partial charge in [-0.1, -0.05) is 12.1 Å². The largest absolute Gasteiger partial charge is 0.497 e. The summed E-state index contributed by atoms with van der Waals surface area (Å²) in [5, 5.41) is 13.5. The van der Waals surface area contributed by atoms with Crippen LogP contribution in [0.5, 0.6) is 5.75 Å². The number of sulfonamides is 1. The summed E-state index contributed by atoms with van der Waals surface area (Å²) in [5.41, 5.74) is 0.441. The minimum Gasteiger partial charge on any atom is -0.497 e. The van der Waals surface area contributed by atoms with Crippen LogP contribution in [0.3, 0.4) is 0 Å². The number of nitro benzene ring substituents is 1. The number of nitrogens with zero attached hydrogens (tertiary/aromatic N) is 1. The van der Waals surface area contributed by atoms with E-state index < -0.39 is 20.9 Å². The van der Waals surface area contributed by atoms with Gasteiger partial charge in [0.2, 0.25) is 0 Å². The van der Waals surface area contributed by atoms with Gasteiger partial charge >= 0.3 is 0 Å². The molecule has 0 spiro atoms. The molecule has 0 fully saturated rings. The molecule has 9 nitrogen and oxygen atoms in total. The zero-order chi connectivity index (χ0) is 21.7. The van der Waals surface area contributed by atoms with Crippen molar-refractivity contribution < 1.29 is 22.9 Å². The maximum atomic E-state index is 12.7. The van der Waals surface area contributed by atoms with Gasteiger partial charge in [-0.25, -0.2) is 8.42 Å². The van der Waals surface area contributed by atoms with Crippen LogP contribution in [0.15, 0.2) is 77.7 Å². The van der Waals surface area contributed by atoms with E-state index in [-0.39, 0.29) is 21.8 Å². The van der Waals surface area contributed by atoms with Crippen molar-refractivity contribution in [3.8, 4) is 5.75 Å². The highest BCUT2D eigenvalue weighted by molar-refractivity contribution is 7.92. The third-order valence-electron chi connectivity index (χ3n) is 4.06. The van der Waals surface area contributed by atoms with Gasteiger partial charge in [0.15, 0.2) is 0 Å². The molecule has 3 aromatic rings. The van der Waals surface area contributed by atoms with Crippen LogP contribution in [-0.4, -0.2) is 26.4 Å². The third-order valence-corrected chi connectivity index (χ3v) is 5.44. The normalized spacial score (nSPS) is 10.8. The standard InChI is InChI=1S/C20H17N3O6S/c1-29-18-10-8-15(9-11-18)21-20(24)14-4-2-7-19(12-14)30(27,28)22-16-5-3-6-17(13-16)23(25)26/h2-13,22H,1H3,(H,21,24). The highest BCUT2D eigenvalue weighted by Crippen LogP contribution is 2.22. The van der Waals surface area contributed by atoms with Crippen molar-refractivity contribution in [1.29, 1.82) is 0 Å². The molecule has 3 rings (SSSR count). The lowest BCUT2D eigenvalue weighted by atomic mass is 10.2. The Labute approximate surface area is 172 Å². The number of rotatable bonds is 7. The van der Waals surface area contributed by atoms with Crippen molar-refractivity contribution in [1.82, 2.24) is 0 Å². The van der Waals surface area contributed by atoms with Crippen LogP contribution in [0.2, 0.25) is 0 Å². The highest BCUT2D eigenvalue weighted by atomic mass is 32.2. The number of benzene rings is 3. The topological polar surface area (TPSA) is 128 Å². The third kappa shape index (κ3) is 4.92. The van der Waals surface area contributed by atoms with Crippen LogP contribution < -0.4 is 14.8 Å². The molecule has 3 aromatic carbocycles. The molecule has 154 valence electrons. The molecule has 0 unspecified atom stereocenters. The lowest BCUT2D eigenvalue weighted by Gasteiger charge is -2.10. The van der Waals surface area contributed by atoms with Gasteiger partial charge in [0, 0.05) is 23.4 Å². The lowest BCUT2D eigenvalue weighted by Crippen LogP contribution is -2.16. The van der Waals surface area contributed by atoms with E-state index in [1.807, 2.05) is 0 Å². The fraction of sp³-hybridized carbons (Fsp3) is 0.0500. The zero-order valence-corrected chi connectivity index (χ0v) is 16.5. The Hall–Kier alpha value is -3.92. The minimum absolute atomic E-state index is 0.0392. The fourth-order valence-corrected chi connectivity index (χ4v) is 3.67. The van der Waals surface area contributed by atoms with E-state index in [0.717, 1.165) is 6.07 Å². The Morgan fingerprint density at radius 1 is 0.967 bits per heavy atom. The molecular weight excluding hydrogens is 410 g/mol. The predicted molar refractivity (Wildman–Crippen MR) is 111 cm³/mol. The van der Waals surface area contributed by atoms with Gasteiger partial charge in [-0.3, -0.25) is 19.6 Å². The van der Waals surface area contributed by atoms with E-state index in [9.17, 15) is 23.3 Å². The van der Waals surface area contributed by atoms with E-state index in [1.54, 1.807) is 24.3 Å². The number of anilines is 2. The van der Waals surface area contributed by atoms with Crippen LogP contribution in [0.25, 0.3) is 0 Å². The number of nitro groups is 1. The van der Waals surface area contributed by atoms with E-state index in [0.29, 0.717) is 11.4 Å². The molecular formula is C20H17N3O6S. The summed E-state index contributed by atoms with van der Waals surface area (Å²) in [7, 11) is -2.53. The maximum absolute atomic E-state index is 12.7. The molecule has 1 amide bonds. The zero-order valence-electron chi connectivity index (χ0n) is 15.7. The first kappa shape index (κ1) is 20.8. The minimum atomic E-state index is -4.06. The lowest BCUT2D eigenvalue weighted by molar-refractivity contribution is -0.384. The number of nitrogens with one attached hydrogen (secondary N) is 2. The maximum Gasteiger partial charge on any atom is 0.271 e. The van der Waals surface area contributed by atoms with Gasteiger partial charge in [-0.05, 0) is 48.5 Å².